The Labute approximate surface area is 92.0 Å². The van der Waals surface area contributed by atoms with Gasteiger partial charge >= 0.3 is 0 Å². The molecule has 1 rings (SSSR count). The molecule has 4 heteroatoms. The molecular formula is C11H23N3O. The molecule has 0 aromatic heterocycles. The molecule has 1 amide bonds. The molecule has 0 aromatic carbocycles. The number of likely N-dealkylation sites (tertiary alicyclic amines) is 1. The van der Waals surface area contributed by atoms with Gasteiger partial charge in [-0.2, -0.15) is 0 Å². The van der Waals surface area contributed by atoms with Gasteiger partial charge in [0.05, 0.1) is 0 Å². The van der Waals surface area contributed by atoms with E-state index in [1.165, 1.54) is 12.8 Å². The van der Waals surface area contributed by atoms with Gasteiger partial charge in [0.25, 0.3) is 0 Å². The van der Waals surface area contributed by atoms with E-state index in [-0.39, 0.29) is 11.4 Å². The Bertz CT molecular complexity index is 222. The molecule has 1 unspecified atom stereocenters. The predicted octanol–water partition coefficient (Wildman–Crippen LogP) is 0.454. The second kappa shape index (κ2) is 4.94. The van der Waals surface area contributed by atoms with Crippen molar-refractivity contribution in [2.45, 2.75) is 51.1 Å². The Morgan fingerprint density at radius 1 is 1.47 bits per heavy atom. The van der Waals surface area contributed by atoms with Gasteiger partial charge < -0.3 is 11.5 Å². The minimum atomic E-state index is -0.207. The Balaban J connectivity index is 2.53. The third-order valence-electron chi connectivity index (χ3n) is 2.80. The summed E-state index contributed by atoms with van der Waals surface area (Å²) in [5.41, 5.74) is 11.1. The van der Waals surface area contributed by atoms with Crippen molar-refractivity contribution in [3.05, 3.63) is 0 Å². The number of nitrogens with two attached hydrogens (primary N) is 2. The summed E-state index contributed by atoms with van der Waals surface area (Å²) in [6.07, 6.45) is 3.93. The van der Waals surface area contributed by atoms with Crippen LogP contribution in [-0.2, 0) is 4.79 Å². The minimum absolute atomic E-state index is 0.201. The average Bonchev–Trinajstić information content (AvgIpc) is 2.05. The van der Waals surface area contributed by atoms with E-state index in [2.05, 4.69) is 4.90 Å². The molecule has 1 saturated heterocycles. The fraction of sp³-hybridized carbons (Fsp3) is 0.909. The van der Waals surface area contributed by atoms with Crippen molar-refractivity contribution in [2.24, 2.45) is 11.5 Å². The second-order valence-electron chi connectivity index (χ2n) is 5.28. The van der Waals surface area contributed by atoms with E-state index in [1.807, 2.05) is 13.8 Å². The first-order valence-electron chi connectivity index (χ1n) is 5.70. The summed E-state index contributed by atoms with van der Waals surface area (Å²) in [4.78, 5) is 13.3. The van der Waals surface area contributed by atoms with Gasteiger partial charge in [-0.15, -0.1) is 0 Å². The lowest BCUT2D eigenvalue weighted by atomic mass is 9.96. The van der Waals surface area contributed by atoms with E-state index in [9.17, 15) is 4.79 Å². The number of amides is 1. The van der Waals surface area contributed by atoms with Gasteiger partial charge in [-0.05, 0) is 33.2 Å². The van der Waals surface area contributed by atoms with Crippen LogP contribution in [0.1, 0.15) is 39.5 Å². The van der Waals surface area contributed by atoms with E-state index >= 15 is 0 Å². The van der Waals surface area contributed by atoms with Crippen molar-refractivity contribution in [3.63, 3.8) is 0 Å². The van der Waals surface area contributed by atoms with Gasteiger partial charge in [0.15, 0.2) is 0 Å². The monoisotopic (exact) mass is 213 g/mol. The zero-order valence-corrected chi connectivity index (χ0v) is 9.83. The summed E-state index contributed by atoms with van der Waals surface area (Å²) in [6.45, 7) is 5.91. The third-order valence-corrected chi connectivity index (χ3v) is 2.80. The molecule has 4 nitrogen and oxygen atoms in total. The highest BCUT2D eigenvalue weighted by atomic mass is 16.1. The summed E-state index contributed by atoms with van der Waals surface area (Å²) < 4.78 is 0. The van der Waals surface area contributed by atoms with Crippen molar-refractivity contribution in [3.8, 4) is 0 Å². The molecule has 0 aromatic rings. The van der Waals surface area contributed by atoms with Crippen LogP contribution in [0.4, 0.5) is 0 Å². The van der Waals surface area contributed by atoms with Crippen molar-refractivity contribution < 1.29 is 4.79 Å². The van der Waals surface area contributed by atoms with Crippen LogP contribution in [-0.4, -0.2) is 35.5 Å². The Morgan fingerprint density at radius 2 is 2.13 bits per heavy atom. The molecule has 1 atom stereocenters. The lowest BCUT2D eigenvalue weighted by molar-refractivity contribution is -0.119. The molecule has 1 heterocycles. The number of hydrogen-bond acceptors (Lipinski definition) is 3. The van der Waals surface area contributed by atoms with E-state index in [0.717, 1.165) is 19.5 Å². The molecular weight excluding hydrogens is 190 g/mol. The zero-order valence-electron chi connectivity index (χ0n) is 9.83. The van der Waals surface area contributed by atoms with Crippen LogP contribution in [0.15, 0.2) is 0 Å². The summed E-state index contributed by atoms with van der Waals surface area (Å²) in [7, 11) is 0. The molecule has 1 fully saturated rings. The number of hydrogen-bond donors (Lipinski definition) is 2. The fourth-order valence-corrected chi connectivity index (χ4v) is 2.25. The van der Waals surface area contributed by atoms with Gasteiger partial charge in [-0.25, -0.2) is 0 Å². The van der Waals surface area contributed by atoms with Crippen LogP contribution < -0.4 is 11.5 Å². The standard InChI is InChI=1S/C11H23N3O/c1-11(2,13)8-14-6-4-3-5-9(14)7-10(12)15/h9H,3-8,13H2,1-2H3,(H2,12,15). The Kier molecular flexibility index (Phi) is 4.11. The smallest absolute Gasteiger partial charge is 0.218 e. The molecule has 88 valence electrons. The normalized spacial score (nSPS) is 24.1. The molecule has 0 bridgehead atoms. The molecule has 15 heavy (non-hydrogen) atoms. The first-order chi connectivity index (χ1) is 6.88. The van der Waals surface area contributed by atoms with Crippen molar-refractivity contribution in [2.75, 3.05) is 13.1 Å². The van der Waals surface area contributed by atoms with E-state index in [1.54, 1.807) is 0 Å². The quantitative estimate of drug-likeness (QED) is 0.712. The molecule has 1 aliphatic heterocycles. The first-order valence-corrected chi connectivity index (χ1v) is 5.70. The molecule has 0 spiro atoms. The minimum Gasteiger partial charge on any atom is -0.370 e. The van der Waals surface area contributed by atoms with Crippen molar-refractivity contribution in [1.82, 2.24) is 4.90 Å². The molecule has 4 N–H and O–H groups in total. The van der Waals surface area contributed by atoms with Crippen LogP contribution in [0.25, 0.3) is 0 Å². The average molecular weight is 213 g/mol. The summed E-state index contributed by atoms with van der Waals surface area (Å²) >= 11 is 0. The maximum absolute atomic E-state index is 10.9. The van der Waals surface area contributed by atoms with Crippen LogP contribution in [0.5, 0.6) is 0 Å². The SMILES string of the molecule is CC(C)(N)CN1CCCCC1CC(N)=O. The second-order valence-corrected chi connectivity index (χ2v) is 5.28. The number of rotatable bonds is 4. The largest absolute Gasteiger partial charge is 0.370 e. The number of piperidine rings is 1. The maximum atomic E-state index is 10.9. The number of carbonyl (C=O) groups excluding carboxylic acids is 1. The highest BCUT2D eigenvalue weighted by Gasteiger charge is 2.27. The maximum Gasteiger partial charge on any atom is 0.218 e. The van der Waals surface area contributed by atoms with Crippen LogP contribution in [0, 0.1) is 0 Å². The van der Waals surface area contributed by atoms with Crippen LogP contribution in [0.3, 0.4) is 0 Å². The lowest BCUT2D eigenvalue weighted by Gasteiger charge is -2.38. The number of nitrogens with zero attached hydrogens (tertiary/aromatic N) is 1. The van der Waals surface area contributed by atoms with E-state index < -0.39 is 0 Å². The van der Waals surface area contributed by atoms with Crippen LogP contribution in [0.2, 0.25) is 0 Å². The summed E-state index contributed by atoms with van der Waals surface area (Å²) in [5, 5.41) is 0. The van der Waals surface area contributed by atoms with Gasteiger partial charge in [0.2, 0.25) is 5.91 Å². The van der Waals surface area contributed by atoms with Crippen molar-refractivity contribution in [1.29, 1.82) is 0 Å². The van der Waals surface area contributed by atoms with Gasteiger partial charge in [0, 0.05) is 24.5 Å². The summed E-state index contributed by atoms with van der Waals surface area (Å²) in [6, 6.07) is 0.305. The zero-order chi connectivity index (χ0) is 11.5. The highest BCUT2D eigenvalue weighted by Crippen LogP contribution is 2.20. The first kappa shape index (κ1) is 12.5. The predicted molar refractivity (Wildman–Crippen MR) is 61.3 cm³/mol. The van der Waals surface area contributed by atoms with Crippen molar-refractivity contribution >= 4 is 5.91 Å². The molecule has 0 radical (unpaired) electrons. The molecule has 1 aliphatic rings. The van der Waals surface area contributed by atoms with Gasteiger partial charge in [-0.1, -0.05) is 6.42 Å². The lowest BCUT2D eigenvalue weighted by Crippen LogP contribution is -2.51. The van der Waals surface area contributed by atoms with E-state index in [4.69, 9.17) is 11.5 Å². The Morgan fingerprint density at radius 3 is 2.67 bits per heavy atom. The fourth-order valence-electron chi connectivity index (χ4n) is 2.25. The van der Waals surface area contributed by atoms with Gasteiger partial charge in [-0.3, -0.25) is 9.69 Å². The topological polar surface area (TPSA) is 72.3 Å². The third kappa shape index (κ3) is 4.62. The highest BCUT2D eigenvalue weighted by molar-refractivity contribution is 5.74. The summed E-state index contributed by atoms with van der Waals surface area (Å²) in [5.74, 6) is -0.207. The van der Waals surface area contributed by atoms with Gasteiger partial charge in [0.1, 0.15) is 0 Å². The number of carbonyl (C=O) groups is 1. The van der Waals surface area contributed by atoms with Crippen LogP contribution >= 0.6 is 0 Å². The molecule has 0 saturated carbocycles. The van der Waals surface area contributed by atoms with E-state index in [0.29, 0.717) is 12.5 Å². The Hall–Kier alpha value is -0.610. The molecule has 0 aliphatic carbocycles. The number of primary amides is 1.